The van der Waals surface area contributed by atoms with Crippen molar-refractivity contribution in [3.63, 3.8) is 0 Å². The highest BCUT2D eigenvalue weighted by Crippen LogP contribution is 2.30. The molecule has 2 rings (SSSR count). The lowest BCUT2D eigenvalue weighted by Gasteiger charge is -2.32. The fraction of sp³-hybridized carbons (Fsp3) is 0.417. The van der Waals surface area contributed by atoms with Gasteiger partial charge in [-0.2, -0.15) is 0 Å². The second-order valence-corrected chi connectivity index (χ2v) is 4.50. The van der Waals surface area contributed by atoms with E-state index in [9.17, 15) is 0 Å². The number of aryl methyl sites for hydroxylation is 1. The Morgan fingerprint density at radius 2 is 2.12 bits per heavy atom. The Balaban J connectivity index is 2.31. The molecule has 0 unspecified atom stereocenters. The van der Waals surface area contributed by atoms with Crippen LogP contribution in [0.25, 0.3) is 0 Å². The maximum atomic E-state index is 5.55. The topological polar surface area (TPSA) is 50.5 Å². The highest BCUT2D eigenvalue weighted by atomic mass is 32.1. The minimum atomic E-state index is 0.296. The van der Waals surface area contributed by atoms with Gasteiger partial charge in [0.25, 0.3) is 0 Å². The van der Waals surface area contributed by atoms with Crippen molar-refractivity contribution in [2.24, 2.45) is 5.73 Å². The lowest BCUT2D eigenvalue weighted by molar-refractivity contribution is 0.122. The summed E-state index contributed by atoms with van der Waals surface area (Å²) in [4.78, 5) is 2.30. The van der Waals surface area contributed by atoms with Crippen LogP contribution in [0.2, 0.25) is 0 Å². The summed E-state index contributed by atoms with van der Waals surface area (Å²) in [7, 11) is 0. The first-order chi connectivity index (χ1) is 8.18. The van der Waals surface area contributed by atoms with E-state index in [1.807, 2.05) is 12.1 Å². The number of ether oxygens (including phenoxy) is 1. The molecule has 17 heavy (non-hydrogen) atoms. The minimum absolute atomic E-state index is 0.296. The van der Waals surface area contributed by atoms with Crippen molar-refractivity contribution in [2.45, 2.75) is 6.92 Å². The molecular formula is C12H17N3OS. The van der Waals surface area contributed by atoms with Gasteiger partial charge in [-0.1, -0.05) is 12.1 Å². The summed E-state index contributed by atoms with van der Waals surface area (Å²) in [6, 6.07) is 6.09. The van der Waals surface area contributed by atoms with E-state index >= 15 is 0 Å². The molecule has 1 saturated heterocycles. The quantitative estimate of drug-likeness (QED) is 0.780. The molecular weight excluding hydrogens is 234 g/mol. The first-order valence-electron chi connectivity index (χ1n) is 5.67. The van der Waals surface area contributed by atoms with E-state index in [1.54, 1.807) is 0 Å². The van der Waals surface area contributed by atoms with Crippen LogP contribution in [0.4, 0.5) is 11.4 Å². The molecule has 0 radical (unpaired) electrons. The van der Waals surface area contributed by atoms with Gasteiger partial charge < -0.3 is 20.7 Å². The Morgan fingerprint density at radius 1 is 1.41 bits per heavy atom. The average Bonchev–Trinajstić information content (AvgIpc) is 2.29. The summed E-state index contributed by atoms with van der Waals surface area (Å²) in [5, 5.41) is 3.33. The second kappa shape index (κ2) is 5.33. The molecule has 92 valence electrons. The van der Waals surface area contributed by atoms with Crippen LogP contribution in [0.3, 0.4) is 0 Å². The first kappa shape index (κ1) is 12.1. The lowest BCUT2D eigenvalue weighted by atomic mass is 10.1. The lowest BCUT2D eigenvalue weighted by Crippen LogP contribution is -2.37. The molecule has 1 aromatic rings. The molecule has 0 aliphatic carbocycles. The summed E-state index contributed by atoms with van der Waals surface area (Å²) in [6.07, 6.45) is 0. The molecule has 0 bridgehead atoms. The molecule has 0 saturated carbocycles. The van der Waals surface area contributed by atoms with Gasteiger partial charge in [-0.15, -0.1) is 0 Å². The van der Waals surface area contributed by atoms with Crippen molar-refractivity contribution in [3.8, 4) is 0 Å². The smallest absolute Gasteiger partial charge is 0.168 e. The molecule has 0 atom stereocenters. The number of nitrogens with two attached hydrogens (primary N) is 1. The molecule has 1 aromatic carbocycles. The van der Waals surface area contributed by atoms with Gasteiger partial charge >= 0.3 is 0 Å². The zero-order valence-corrected chi connectivity index (χ0v) is 10.7. The number of para-hydroxylation sites is 1. The minimum Gasteiger partial charge on any atom is -0.378 e. The van der Waals surface area contributed by atoms with Crippen molar-refractivity contribution < 1.29 is 4.74 Å². The third-order valence-electron chi connectivity index (χ3n) is 2.82. The molecule has 0 amide bonds. The maximum absolute atomic E-state index is 5.55. The Hall–Kier alpha value is -1.33. The van der Waals surface area contributed by atoms with Crippen LogP contribution in [0, 0.1) is 6.92 Å². The normalized spacial score (nSPS) is 15.7. The SMILES string of the molecule is Cc1cccc(NC(N)=S)c1N1CCOCC1. The number of hydrogen-bond acceptors (Lipinski definition) is 3. The molecule has 1 fully saturated rings. The van der Waals surface area contributed by atoms with E-state index in [0.717, 1.165) is 32.0 Å². The highest BCUT2D eigenvalue weighted by molar-refractivity contribution is 7.80. The van der Waals surface area contributed by atoms with E-state index in [2.05, 4.69) is 23.2 Å². The summed E-state index contributed by atoms with van der Waals surface area (Å²) in [5.74, 6) is 0. The van der Waals surface area contributed by atoms with Crippen molar-refractivity contribution in [3.05, 3.63) is 23.8 Å². The van der Waals surface area contributed by atoms with Crippen LogP contribution in [-0.2, 0) is 4.74 Å². The molecule has 4 nitrogen and oxygen atoms in total. The Labute approximate surface area is 107 Å². The van der Waals surface area contributed by atoms with Gasteiger partial charge in [-0.3, -0.25) is 0 Å². The predicted molar refractivity (Wildman–Crippen MR) is 74.6 cm³/mol. The monoisotopic (exact) mass is 251 g/mol. The van der Waals surface area contributed by atoms with Gasteiger partial charge in [0.1, 0.15) is 0 Å². The van der Waals surface area contributed by atoms with Crippen molar-refractivity contribution in [1.29, 1.82) is 0 Å². The van der Waals surface area contributed by atoms with Crippen molar-refractivity contribution in [2.75, 3.05) is 36.5 Å². The summed E-state index contributed by atoms with van der Waals surface area (Å²) in [5.41, 5.74) is 8.91. The van der Waals surface area contributed by atoms with Crippen LogP contribution in [0.15, 0.2) is 18.2 Å². The molecule has 0 spiro atoms. The van der Waals surface area contributed by atoms with E-state index in [-0.39, 0.29) is 0 Å². The van der Waals surface area contributed by atoms with Crippen molar-refractivity contribution in [1.82, 2.24) is 0 Å². The Morgan fingerprint density at radius 3 is 2.76 bits per heavy atom. The van der Waals surface area contributed by atoms with Crippen LogP contribution < -0.4 is 16.0 Å². The maximum Gasteiger partial charge on any atom is 0.168 e. The van der Waals surface area contributed by atoms with Crippen LogP contribution in [-0.4, -0.2) is 31.4 Å². The Kier molecular flexibility index (Phi) is 3.81. The van der Waals surface area contributed by atoms with E-state index in [0.29, 0.717) is 5.11 Å². The second-order valence-electron chi connectivity index (χ2n) is 4.06. The van der Waals surface area contributed by atoms with Gasteiger partial charge in [0, 0.05) is 13.1 Å². The summed E-state index contributed by atoms with van der Waals surface area (Å²) >= 11 is 4.91. The van der Waals surface area contributed by atoms with E-state index in [1.165, 1.54) is 11.3 Å². The van der Waals surface area contributed by atoms with Gasteiger partial charge in [0.2, 0.25) is 0 Å². The fourth-order valence-electron chi connectivity index (χ4n) is 2.10. The number of hydrogen-bond donors (Lipinski definition) is 2. The predicted octanol–water partition coefficient (Wildman–Crippen LogP) is 1.49. The van der Waals surface area contributed by atoms with E-state index < -0.39 is 0 Å². The van der Waals surface area contributed by atoms with Gasteiger partial charge in [0.15, 0.2) is 5.11 Å². The average molecular weight is 251 g/mol. The van der Waals surface area contributed by atoms with Crippen molar-refractivity contribution >= 4 is 28.7 Å². The molecule has 1 heterocycles. The molecule has 1 aliphatic heterocycles. The standard InChI is InChI=1S/C12H17N3OS/c1-9-3-2-4-10(14-12(13)17)11(9)15-5-7-16-8-6-15/h2-4H,5-8H2,1H3,(H3,13,14,17). The summed E-state index contributed by atoms with van der Waals surface area (Å²) < 4.78 is 5.37. The Bertz CT molecular complexity index is 416. The third kappa shape index (κ3) is 2.87. The molecule has 3 N–H and O–H groups in total. The highest BCUT2D eigenvalue weighted by Gasteiger charge is 2.16. The molecule has 1 aliphatic rings. The number of nitrogens with one attached hydrogen (secondary N) is 1. The van der Waals surface area contributed by atoms with Gasteiger partial charge in [0.05, 0.1) is 24.6 Å². The third-order valence-corrected chi connectivity index (χ3v) is 2.93. The number of thiocarbonyl (C=S) groups is 1. The number of benzene rings is 1. The fourth-order valence-corrected chi connectivity index (χ4v) is 2.21. The van der Waals surface area contributed by atoms with Crippen LogP contribution >= 0.6 is 12.2 Å². The van der Waals surface area contributed by atoms with E-state index in [4.69, 9.17) is 22.7 Å². The van der Waals surface area contributed by atoms with Crippen LogP contribution in [0.5, 0.6) is 0 Å². The number of anilines is 2. The summed E-state index contributed by atoms with van der Waals surface area (Å²) in [6.45, 7) is 5.42. The molecule has 0 aromatic heterocycles. The number of morpholine rings is 1. The zero-order chi connectivity index (χ0) is 12.3. The molecule has 5 heteroatoms. The zero-order valence-electron chi connectivity index (χ0n) is 9.90. The number of rotatable bonds is 2. The van der Waals surface area contributed by atoms with Gasteiger partial charge in [-0.05, 0) is 30.8 Å². The number of nitrogens with zero attached hydrogens (tertiary/aromatic N) is 1. The largest absolute Gasteiger partial charge is 0.378 e. The van der Waals surface area contributed by atoms with Gasteiger partial charge in [-0.25, -0.2) is 0 Å². The van der Waals surface area contributed by atoms with Crippen LogP contribution in [0.1, 0.15) is 5.56 Å². The first-order valence-corrected chi connectivity index (χ1v) is 6.08.